The second-order valence-electron chi connectivity index (χ2n) is 24.8. The third kappa shape index (κ3) is 69.8. The SMILES string of the molecule is CC/C=C\C/C=C\C/C=C\C/C=C\CCCCCCC(=O)OC(COC(=O)CCCCCCC/C=C\CCCCCC)COC(=O)CCCCCCCCCCCCCCCCCCCCCCCCCCCCCCCCCCCCC. The van der Waals surface area contributed by atoms with Crippen molar-refractivity contribution in [2.45, 2.75) is 399 Å². The van der Waals surface area contributed by atoms with E-state index in [2.05, 4.69) is 81.5 Å². The summed E-state index contributed by atoms with van der Waals surface area (Å²) in [6.45, 7) is 6.54. The first-order valence-corrected chi connectivity index (χ1v) is 36.8. The maximum absolute atomic E-state index is 12.9. The van der Waals surface area contributed by atoms with Crippen molar-refractivity contribution in [1.29, 1.82) is 0 Å². The second kappa shape index (κ2) is 71.6. The number of esters is 3. The minimum Gasteiger partial charge on any atom is -0.462 e. The van der Waals surface area contributed by atoms with Gasteiger partial charge in [-0.15, -0.1) is 0 Å². The molecule has 0 aromatic carbocycles. The fraction of sp³-hybridized carbons (Fsp3) is 0.831. The molecule has 83 heavy (non-hydrogen) atoms. The summed E-state index contributed by atoms with van der Waals surface area (Å²) in [7, 11) is 0. The normalized spacial score (nSPS) is 12.4. The standard InChI is InChI=1S/C77H140O6/c1-4-7-10-13-16-19-22-25-27-29-30-31-32-33-34-35-36-37-38-39-40-41-42-43-44-45-46-48-49-52-55-58-61-64-67-70-76(79)82-73-74(72-81-75(78)69-66-63-60-57-54-51-24-21-18-15-12-9-6-3)83-77(80)71-68-65-62-59-56-53-50-47-28-26-23-20-17-14-11-8-5-2/h8,11,17,20-21,24,26,28,50,53,74H,4-7,9-10,12-16,18-19,22-23,25,27,29-49,51-52,54-73H2,1-3H3/b11-8-,20-17-,24-21-,28-26-,53-50-. The van der Waals surface area contributed by atoms with Gasteiger partial charge < -0.3 is 14.2 Å². The predicted molar refractivity (Wildman–Crippen MR) is 362 cm³/mol. The first-order valence-electron chi connectivity index (χ1n) is 36.8. The van der Waals surface area contributed by atoms with Crippen molar-refractivity contribution in [3.05, 3.63) is 60.8 Å². The average Bonchev–Trinajstić information content (AvgIpc) is 3.49. The van der Waals surface area contributed by atoms with Crippen molar-refractivity contribution in [3.63, 3.8) is 0 Å². The molecule has 0 N–H and O–H groups in total. The summed E-state index contributed by atoms with van der Waals surface area (Å²) in [5.74, 6) is -0.897. The van der Waals surface area contributed by atoms with Gasteiger partial charge >= 0.3 is 17.9 Å². The van der Waals surface area contributed by atoms with Crippen LogP contribution >= 0.6 is 0 Å². The number of ether oxygens (including phenoxy) is 3. The average molecular weight is 1160 g/mol. The van der Waals surface area contributed by atoms with Crippen LogP contribution in [0.3, 0.4) is 0 Å². The van der Waals surface area contributed by atoms with Gasteiger partial charge in [-0.05, 0) is 83.5 Å². The summed E-state index contributed by atoms with van der Waals surface area (Å²) in [5, 5.41) is 0. The van der Waals surface area contributed by atoms with Crippen LogP contribution in [-0.2, 0) is 28.6 Å². The molecule has 0 aliphatic carbocycles. The minimum atomic E-state index is -0.791. The number of allylic oxidation sites excluding steroid dienone is 10. The van der Waals surface area contributed by atoms with Gasteiger partial charge in [-0.25, -0.2) is 0 Å². The first-order chi connectivity index (χ1) is 41.0. The molecule has 0 rings (SSSR count). The third-order valence-corrected chi connectivity index (χ3v) is 16.5. The molecule has 0 heterocycles. The van der Waals surface area contributed by atoms with Gasteiger partial charge in [-0.2, -0.15) is 0 Å². The van der Waals surface area contributed by atoms with Crippen LogP contribution in [0, 0.1) is 0 Å². The molecule has 0 amide bonds. The highest BCUT2D eigenvalue weighted by molar-refractivity contribution is 5.71. The molecule has 0 radical (unpaired) electrons. The fourth-order valence-corrected chi connectivity index (χ4v) is 11.0. The van der Waals surface area contributed by atoms with E-state index in [0.717, 1.165) is 103 Å². The van der Waals surface area contributed by atoms with E-state index in [1.54, 1.807) is 0 Å². The molecule has 1 atom stereocenters. The van der Waals surface area contributed by atoms with Crippen LogP contribution in [0.4, 0.5) is 0 Å². The summed E-state index contributed by atoms with van der Waals surface area (Å²) >= 11 is 0. The Morgan fingerprint density at radius 1 is 0.253 bits per heavy atom. The van der Waals surface area contributed by atoms with Crippen LogP contribution < -0.4 is 0 Å². The second-order valence-corrected chi connectivity index (χ2v) is 24.8. The zero-order valence-electron chi connectivity index (χ0n) is 55.7. The van der Waals surface area contributed by atoms with Crippen LogP contribution in [0.2, 0.25) is 0 Å². The highest BCUT2D eigenvalue weighted by atomic mass is 16.6. The van der Waals surface area contributed by atoms with Crippen LogP contribution in [0.15, 0.2) is 60.8 Å². The topological polar surface area (TPSA) is 78.9 Å². The zero-order valence-corrected chi connectivity index (χ0v) is 55.7. The lowest BCUT2D eigenvalue weighted by Crippen LogP contribution is -2.30. The lowest BCUT2D eigenvalue weighted by molar-refractivity contribution is -0.167. The Labute approximate surface area is 517 Å². The van der Waals surface area contributed by atoms with Crippen molar-refractivity contribution in [1.82, 2.24) is 0 Å². The van der Waals surface area contributed by atoms with E-state index < -0.39 is 6.10 Å². The molecular formula is C77H140O6. The molecule has 0 spiro atoms. The lowest BCUT2D eigenvalue weighted by atomic mass is 10.0. The molecule has 6 heteroatoms. The third-order valence-electron chi connectivity index (χ3n) is 16.5. The lowest BCUT2D eigenvalue weighted by Gasteiger charge is -2.18. The van der Waals surface area contributed by atoms with E-state index in [1.165, 1.54) is 250 Å². The molecular weight excluding hydrogens is 1020 g/mol. The molecule has 0 aromatic heterocycles. The van der Waals surface area contributed by atoms with Crippen molar-refractivity contribution in [3.8, 4) is 0 Å². The molecule has 0 saturated carbocycles. The number of hydrogen-bond acceptors (Lipinski definition) is 6. The number of rotatable bonds is 68. The Morgan fingerprint density at radius 3 is 0.759 bits per heavy atom. The zero-order chi connectivity index (χ0) is 59.9. The van der Waals surface area contributed by atoms with Crippen LogP contribution in [0.25, 0.3) is 0 Å². The van der Waals surface area contributed by atoms with E-state index in [1.807, 2.05) is 0 Å². The van der Waals surface area contributed by atoms with Gasteiger partial charge in [0.05, 0.1) is 0 Å². The van der Waals surface area contributed by atoms with E-state index in [4.69, 9.17) is 14.2 Å². The molecule has 0 aliphatic rings. The van der Waals surface area contributed by atoms with Crippen molar-refractivity contribution in [2.75, 3.05) is 13.2 Å². The molecule has 0 fully saturated rings. The van der Waals surface area contributed by atoms with Gasteiger partial charge in [0.25, 0.3) is 0 Å². The Kier molecular flexibility index (Phi) is 69.1. The molecule has 6 nitrogen and oxygen atoms in total. The first kappa shape index (κ1) is 80.1. The van der Waals surface area contributed by atoms with Gasteiger partial charge in [0.2, 0.25) is 0 Å². The van der Waals surface area contributed by atoms with Crippen molar-refractivity contribution >= 4 is 17.9 Å². The Bertz CT molecular complexity index is 1470. The smallest absolute Gasteiger partial charge is 0.306 e. The van der Waals surface area contributed by atoms with Gasteiger partial charge in [0, 0.05) is 19.3 Å². The van der Waals surface area contributed by atoms with Crippen LogP contribution in [0.1, 0.15) is 393 Å². The summed E-state index contributed by atoms with van der Waals surface area (Å²) < 4.78 is 16.9. The summed E-state index contributed by atoms with van der Waals surface area (Å²) in [6, 6.07) is 0. The Balaban J connectivity index is 4.09. The molecule has 0 bridgehead atoms. The molecule has 1 unspecified atom stereocenters. The summed E-state index contributed by atoms with van der Waals surface area (Å²) in [5.41, 5.74) is 0. The van der Waals surface area contributed by atoms with Crippen molar-refractivity contribution in [2.24, 2.45) is 0 Å². The van der Waals surface area contributed by atoms with E-state index in [0.29, 0.717) is 19.3 Å². The highest BCUT2D eigenvalue weighted by Crippen LogP contribution is 2.19. The van der Waals surface area contributed by atoms with Gasteiger partial charge in [-0.3, -0.25) is 14.4 Å². The van der Waals surface area contributed by atoms with Crippen LogP contribution in [-0.4, -0.2) is 37.2 Å². The van der Waals surface area contributed by atoms with E-state index in [-0.39, 0.29) is 31.1 Å². The maximum atomic E-state index is 12.9. The van der Waals surface area contributed by atoms with E-state index in [9.17, 15) is 14.4 Å². The van der Waals surface area contributed by atoms with Crippen LogP contribution in [0.5, 0.6) is 0 Å². The van der Waals surface area contributed by atoms with Gasteiger partial charge in [-0.1, -0.05) is 351 Å². The number of carbonyl (C=O) groups is 3. The molecule has 0 saturated heterocycles. The highest BCUT2D eigenvalue weighted by Gasteiger charge is 2.19. The monoisotopic (exact) mass is 1160 g/mol. The largest absolute Gasteiger partial charge is 0.462 e. The van der Waals surface area contributed by atoms with Gasteiger partial charge in [0.1, 0.15) is 13.2 Å². The predicted octanol–water partition coefficient (Wildman–Crippen LogP) is 25.5. The minimum absolute atomic E-state index is 0.0837. The summed E-state index contributed by atoms with van der Waals surface area (Å²) in [6.07, 6.45) is 92.9. The van der Waals surface area contributed by atoms with E-state index >= 15 is 0 Å². The number of carbonyl (C=O) groups excluding carboxylic acids is 3. The molecule has 0 aliphatic heterocycles. The Hall–Kier alpha value is -2.89. The molecule has 484 valence electrons. The summed E-state index contributed by atoms with van der Waals surface area (Å²) in [4.78, 5) is 38.4. The van der Waals surface area contributed by atoms with Gasteiger partial charge in [0.15, 0.2) is 6.10 Å². The number of unbranched alkanes of at least 4 members (excludes halogenated alkanes) is 47. The molecule has 0 aromatic rings. The van der Waals surface area contributed by atoms with Crippen molar-refractivity contribution < 1.29 is 28.6 Å². The fourth-order valence-electron chi connectivity index (χ4n) is 11.0. The number of hydrogen-bond donors (Lipinski definition) is 0. The Morgan fingerprint density at radius 2 is 0.470 bits per heavy atom. The maximum Gasteiger partial charge on any atom is 0.306 e. The quantitative estimate of drug-likeness (QED) is 0.0261.